The first-order valence-electron chi connectivity index (χ1n) is 7.11. The van der Waals surface area contributed by atoms with Gasteiger partial charge in [0.2, 0.25) is 0 Å². The molecule has 104 valence electrons. The van der Waals surface area contributed by atoms with E-state index in [0.29, 0.717) is 5.56 Å². The van der Waals surface area contributed by atoms with E-state index >= 15 is 0 Å². The van der Waals surface area contributed by atoms with E-state index in [9.17, 15) is 9.18 Å². The smallest absolute Gasteiger partial charge is 0.169 e. The fourth-order valence-electron chi connectivity index (χ4n) is 3.10. The number of rotatable bonds is 4. The van der Waals surface area contributed by atoms with Gasteiger partial charge in [-0.25, -0.2) is 4.39 Å². The average Bonchev–Trinajstić information content (AvgIpc) is 2.42. The zero-order chi connectivity index (χ0) is 13.9. The van der Waals surface area contributed by atoms with Gasteiger partial charge >= 0.3 is 0 Å². The van der Waals surface area contributed by atoms with Gasteiger partial charge in [-0.05, 0) is 57.0 Å². The molecule has 0 amide bonds. The summed E-state index contributed by atoms with van der Waals surface area (Å²) in [5.41, 5.74) is 1.15. The van der Waals surface area contributed by atoms with Gasteiger partial charge in [-0.1, -0.05) is 19.4 Å². The molecule has 1 saturated heterocycles. The van der Waals surface area contributed by atoms with Crippen LogP contribution in [0.15, 0.2) is 18.2 Å². The molecule has 0 atom stereocenters. The summed E-state index contributed by atoms with van der Waals surface area (Å²) in [5.74, 6) is -0.192. The van der Waals surface area contributed by atoms with Crippen molar-refractivity contribution in [2.45, 2.75) is 39.5 Å². The molecule has 0 radical (unpaired) electrons. The Morgan fingerprint density at radius 2 is 2.05 bits per heavy atom. The summed E-state index contributed by atoms with van der Waals surface area (Å²) in [5, 5.41) is 3.30. The van der Waals surface area contributed by atoms with E-state index < -0.39 is 0 Å². The SMILES string of the molecule is CCCC1(C(=O)c2cc(F)ccc2C)CCNCC1. The molecule has 1 aliphatic rings. The lowest BCUT2D eigenvalue weighted by molar-refractivity contribution is 0.0703. The van der Waals surface area contributed by atoms with Gasteiger partial charge in [-0.3, -0.25) is 4.79 Å². The minimum atomic E-state index is -0.325. The van der Waals surface area contributed by atoms with E-state index in [4.69, 9.17) is 0 Å². The molecule has 1 aromatic rings. The molecule has 1 aliphatic heterocycles. The summed E-state index contributed by atoms with van der Waals surface area (Å²) in [6.45, 7) is 5.74. The maximum Gasteiger partial charge on any atom is 0.169 e. The molecule has 0 saturated carbocycles. The first-order valence-corrected chi connectivity index (χ1v) is 7.11. The number of hydrogen-bond donors (Lipinski definition) is 1. The Balaban J connectivity index is 2.36. The lowest BCUT2D eigenvalue weighted by atomic mass is 9.70. The molecule has 1 aromatic carbocycles. The van der Waals surface area contributed by atoms with Crippen LogP contribution in [0.5, 0.6) is 0 Å². The van der Waals surface area contributed by atoms with Gasteiger partial charge in [0.25, 0.3) is 0 Å². The van der Waals surface area contributed by atoms with E-state index in [1.54, 1.807) is 6.07 Å². The first kappa shape index (κ1) is 14.2. The van der Waals surface area contributed by atoms with Gasteiger partial charge in [0.05, 0.1) is 0 Å². The van der Waals surface area contributed by atoms with Crippen molar-refractivity contribution < 1.29 is 9.18 Å². The predicted octanol–water partition coefficient (Wildman–Crippen LogP) is 3.49. The van der Waals surface area contributed by atoms with E-state index in [-0.39, 0.29) is 17.0 Å². The summed E-state index contributed by atoms with van der Waals surface area (Å²) in [7, 11) is 0. The number of benzene rings is 1. The number of aryl methyl sites for hydroxylation is 1. The topological polar surface area (TPSA) is 29.1 Å². The molecule has 3 heteroatoms. The third kappa shape index (κ3) is 2.86. The van der Waals surface area contributed by atoms with Crippen LogP contribution in [0.3, 0.4) is 0 Å². The fraction of sp³-hybridized carbons (Fsp3) is 0.562. The maximum atomic E-state index is 13.4. The minimum absolute atomic E-state index is 0.132. The van der Waals surface area contributed by atoms with Crippen molar-refractivity contribution in [3.05, 3.63) is 35.1 Å². The van der Waals surface area contributed by atoms with Crippen LogP contribution in [0.25, 0.3) is 0 Å². The molecule has 19 heavy (non-hydrogen) atoms. The van der Waals surface area contributed by atoms with E-state index in [0.717, 1.165) is 44.3 Å². The highest BCUT2D eigenvalue weighted by atomic mass is 19.1. The number of carbonyl (C=O) groups excluding carboxylic acids is 1. The highest BCUT2D eigenvalue weighted by molar-refractivity contribution is 6.01. The molecule has 0 aliphatic carbocycles. The Morgan fingerprint density at radius 1 is 1.37 bits per heavy atom. The van der Waals surface area contributed by atoms with E-state index in [1.165, 1.54) is 12.1 Å². The van der Waals surface area contributed by atoms with Crippen LogP contribution in [0.1, 0.15) is 48.5 Å². The minimum Gasteiger partial charge on any atom is -0.317 e. The Morgan fingerprint density at radius 3 is 2.68 bits per heavy atom. The lowest BCUT2D eigenvalue weighted by Crippen LogP contribution is -2.42. The molecule has 2 rings (SSSR count). The fourth-order valence-corrected chi connectivity index (χ4v) is 3.10. The van der Waals surface area contributed by atoms with Crippen molar-refractivity contribution in [2.75, 3.05) is 13.1 Å². The summed E-state index contributed by atoms with van der Waals surface area (Å²) >= 11 is 0. The second kappa shape index (κ2) is 5.83. The second-order valence-corrected chi connectivity index (χ2v) is 5.57. The van der Waals surface area contributed by atoms with Crippen LogP contribution >= 0.6 is 0 Å². The number of nitrogens with one attached hydrogen (secondary N) is 1. The van der Waals surface area contributed by atoms with Gasteiger partial charge in [-0.15, -0.1) is 0 Å². The number of halogens is 1. The van der Waals surface area contributed by atoms with Gasteiger partial charge in [-0.2, -0.15) is 0 Å². The highest BCUT2D eigenvalue weighted by Crippen LogP contribution is 2.38. The van der Waals surface area contributed by atoms with Gasteiger partial charge in [0, 0.05) is 11.0 Å². The van der Waals surface area contributed by atoms with Crippen LogP contribution < -0.4 is 5.32 Å². The predicted molar refractivity (Wildman–Crippen MR) is 74.9 cm³/mol. The zero-order valence-corrected chi connectivity index (χ0v) is 11.8. The maximum absolute atomic E-state index is 13.4. The standard InChI is InChI=1S/C16H22FNO/c1-3-6-16(7-9-18-10-8-16)15(19)14-11-13(17)5-4-12(14)2/h4-5,11,18H,3,6-10H2,1-2H3. The number of carbonyl (C=O) groups is 1. The molecule has 1 heterocycles. The second-order valence-electron chi connectivity index (χ2n) is 5.57. The molecule has 1 N–H and O–H groups in total. The highest BCUT2D eigenvalue weighted by Gasteiger charge is 2.39. The number of piperidine rings is 1. The molecule has 1 fully saturated rings. The van der Waals surface area contributed by atoms with E-state index in [2.05, 4.69) is 12.2 Å². The summed E-state index contributed by atoms with van der Waals surface area (Å²) in [6.07, 6.45) is 3.59. The molecular weight excluding hydrogens is 241 g/mol. The van der Waals surface area contributed by atoms with Crippen molar-refractivity contribution in [3.8, 4) is 0 Å². The van der Waals surface area contributed by atoms with E-state index in [1.807, 2.05) is 6.92 Å². The quantitative estimate of drug-likeness (QED) is 0.843. The van der Waals surface area contributed by atoms with Crippen LogP contribution in [0.2, 0.25) is 0 Å². The Labute approximate surface area is 114 Å². The van der Waals surface area contributed by atoms with Gasteiger partial charge in [0.15, 0.2) is 5.78 Å². The van der Waals surface area contributed by atoms with Crippen LogP contribution in [-0.4, -0.2) is 18.9 Å². The molecular formula is C16H22FNO. The largest absolute Gasteiger partial charge is 0.317 e. The molecule has 2 nitrogen and oxygen atoms in total. The molecule has 0 spiro atoms. The first-order chi connectivity index (χ1) is 9.09. The zero-order valence-electron chi connectivity index (χ0n) is 11.8. The number of ketones is 1. The van der Waals surface area contributed by atoms with Crippen molar-refractivity contribution >= 4 is 5.78 Å². The van der Waals surface area contributed by atoms with Gasteiger partial charge < -0.3 is 5.32 Å². The summed E-state index contributed by atoms with van der Waals surface area (Å²) < 4.78 is 13.4. The van der Waals surface area contributed by atoms with Crippen LogP contribution in [0, 0.1) is 18.2 Å². The molecule has 0 unspecified atom stereocenters. The number of hydrogen-bond acceptors (Lipinski definition) is 2. The Kier molecular flexibility index (Phi) is 4.35. The van der Waals surface area contributed by atoms with Crippen LogP contribution in [0.4, 0.5) is 4.39 Å². The normalized spacial score (nSPS) is 18.3. The molecule has 0 aromatic heterocycles. The summed E-state index contributed by atoms with van der Waals surface area (Å²) in [6, 6.07) is 4.52. The van der Waals surface area contributed by atoms with Crippen LogP contribution in [-0.2, 0) is 0 Å². The third-order valence-electron chi connectivity index (χ3n) is 4.22. The van der Waals surface area contributed by atoms with Crippen molar-refractivity contribution in [1.82, 2.24) is 5.32 Å². The third-order valence-corrected chi connectivity index (χ3v) is 4.22. The van der Waals surface area contributed by atoms with Crippen molar-refractivity contribution in [2.24, 2.45) is 5.41 Å². The van der Waals surface area contributed by atoms with Crippen molar-refractivity contribution in [1.29, 1.82) is 0 Å². The number of Topliss-reactive ketones (excluding diaryl/α,β-unsaturated/α-hetero) is 1. The Hall–Kier alpha value is -1.22. The Bertz CT molecular complexity index is 458. The molecule has 0 bridgehead atoms. The average molecular weight is 263 g/mol. The summed E-state index contributed by atoms with van der Waals surface area (Å²) in [4.78, 5) is 12.9. The monoisotopic (exact) mass is 263 g/mol. The lowest BCUT2D eigenvalue weighted by Gasteiger charge is -2.36. The van der Waals surface area contributed by atoms with Crippen molar-refractivity contribution in [3.63, 3.8) is 0 Å². The van der Waals surface area contributed by atoms with Gasteiger partial charge in [0.1, 0.15) is 5.82 Å².